The number of thiazole rings is 1. The van der Waals surface area contributed by atoms with Crippen LogP contribution in [0.1, 0.15) is 18.9 Å². The minimum absolute atomic E-state index is 0.670. The summed E-state index contributed by atoms with van der Waals surface area (Å²) in [5, 5.41) is 5.51. The van der Waals surface area contributed by atoms with Crippen LogP contribution >= 0.6 is 11.3 Å². The third-order valence-electron chi connectivity index (χ3n) is 1.25. The van der Waals surface area contributed by atoms with Crippen molar-refractivity contribution < 1.29 is 5.32 Å². The van der Waals surface area contributed by atoms with E-state index < -0.39 is 0 Å². The van der Waals surface area contributed by atoms with Gasteiger partial charge >= 0.3 is 0 Å². The van der Waals surface area contributed by atoms with Crippen LogP contribution in [0.2, 0.25) is 0 Å². The lowest BCUT2D eigenvalue weighted by molar-refractivity contribution is -0.698. The third-order valence-corrected chi connectivity index (χ3v) is 2.05. The van der Waals surface area contributed by atoms with Crippen LogP contribution in [0.5, 0.6) is 0 Å². The molecule has 0 saturated carbocycles. The highest BCUT2D eigenvalue weighted by Crippen LogP contribution is 2.00. The van der Waals surface area contributed by atoms with Gasteiger partial charge in [-0.1, -0.05) is 0 Å². The Balaban J connectivity index is 2.28. The first-order valence-electron chi connectivity index (χ1n) is 3.50. The summed E-state index contributed by atoms with van der Waals surface area (Å²) in [6.45, 7) is 5.40. The molecule has 0 fully saturated rings. The van der Waals surface area contributed by atoms with Crippen molar-refractivity contribution in [3.8, 4) is 0 Å². The first kappa shape index (κ1) is 7.69. The van der Waals surface area contributed by atoms with Crippen LogP contribution in [0.15, 0.2) is 11.6 Å². The van der Waals surface area contributed by atoms with Gasteiger partial charge < -0.3 is 5.32 Å². The van der Waals surface area contributed by atoms with E-state index in [-0.39, 0.29) is 0 Å². The maximum absolute atomic E-state index is 4.18. The first-order valence-corrected chi connectivity index (χ1v) is 4.38. The molecule has 0 aliphatic heterocycles. The molecule has 2 nitrogen and oxygen atoms in total. The Labute approximate surface area is 65.3 Å². The van der Waals surface area contributed by atoms with E-state index >= 15 is 0 Å². The summed E-state index contributed by atoms with van der Waals surface area (Å²) in [5.41, 5.74) is 0. The Morgan fingerprint density at radius 1 is 1.70 bits per heavy atom. The quantitative estimate of drug-likeness (QED) is 0.684. The second-order valence-electron chi connectivity index (χ2n) is 2.61. The fourth-order valence-electron chi connectivity index (χ4n) is 0.690. The maximum atomic E-state index is 4.18. The molecule has 0 saturated heterocycles. The second-order valence-corrected chi connectivity index (χ2v) is 3.59. The molecule has 0 unspecified atom stereocenters. The van der Waals surface area contributed by atoms with E-state index in [4.69, 9.17) is 0 Å². The zero-order valence-electron chi connectivity index (χ0n) is 6.37. The molecule has 0 spiro atoms. The van der Waals surface area contributed by atoms with Gasteiger partial charge in [0, 0.05) is 11.6 Å². The van der Waals surface area contributed by atoms with Crippen molar-refractivity contribution in [2.24, 2.45) is 0 Å². The number of rotatable bonds is 3. The Hall–Kier alpha value is -0.410. The Bertz CT molecular complexity index is 170. The lowest BCUT2D eigenvalue weighted by atomic mass is 10.4. The first-order chi connectivity index (χ1) is 4.79. The summed E-state index contributed by atoms with van der Waals surface area (Å²) in [5.74, 6) is 0. The molecule has 0 aliphatic rings. The molecule has 0 aromatic carbocycles. The topological polar surface area (TPSA) is 29.5 Å². The molecule has 0 amide bonds. The highest BCUT2D eigenvalue weighted by Gasteiger charge is 1.98. The second kappa shape index (κ2) is 3.68. The molecule has 0 atom stereocenters. The summed E-state index contributed by atoms with van der Waals surface area (Å²) < 4.78 is 0. The predicted molar refractivity (Wildman–Crippen MR) is 42.9 cm³/mol. The molecule has 2 N–H and O–H groups in total. The minimum Gasteiger partial charge on any atom is -0.339 e. The van der Waals surface area contributed by atoms with Crippen LogP contribution < -0.4 is 5.32 Å². The SMILES string of the molecule is CC(C)[NH2+]Cc1nccs1. The largest absolute Gasteiger partial charge is 0.339 e. The number of hydrogen-bond donors (Lipinski definition) is 1. The van der Waals surface area contributed by atoms with Gasteiger partial charge in [-0.25, -0.2) is 4.98 Å². The molecule has 0 radical (unpaired) electrons. The number of nitrogens with two attached hydrogens (primary N) is 1. The standard InChI is InChI=1S/C7H12N2S/c1-6(2)9-5-7-8-3-4-10-7/h3-4,6,9H,5H2,1-2H3/p+1. The van der Waals surface area contributed by atoms with Crippen molar-refractivity contribution in [1.29, 1.82) is 0 Å². The van der Waals surface area contributed by atoms with Crippen molar-refractivity contribution in [1.82, 2.24) is 4.98 Å². The van der Waals surface area contributed by atoms with Crippen LogP contribution in [-0.2, 0) is 6.54 Å². The van der Waals surface area contributed by atoms with Crippen molar-refractivity contribution in [3.63, 3.8) is 0 Å². The highest BCUT2D eigenvalue weighted by molar-refractivity contribution is 7.09. The van der Waals surface area contributed by atoms with E-state index in [0.717, 1.165) is 6.54 Å². The summed E-state index contributed by atoms with van der Waals surface area (Å²) in [4.78, 5) is 4.18. The highest BCUT2D eigenvalue weighted by atomic mass is 32.1. The van der Waals surface area contributed by atoms with Crippen LogP contribution in [0.25, 0.3) is 0 Å². The lowest BCUT2D eigenvalue weighted by Crippen LogP contribution is -2.86. The van der Waals surface area contributed by atoms with Crippen molar-refractivity contribution in [2.75, 3.05) is 0 Å². The van der Waals surface area contributed by atoms with Gasteiger partial charge in [0.2, 0.25) is 0 Å². The predicted octanol–water partition coefficient (Wildman–Crippen LogP) is 0.615. The maximum Gasteiger partial charge on any atom is 0.147 e. The molecule has 1 aromatic rings. The van der Waals surface area contributed by atoms with Crippen molar-refractivity contribution in [3.05, 3.63) is 16.6 Å². The van der Waals surface area contributed by atoms with E-state index in [1.807, 2.05) is 11.6 Å². The van der Waals surface area contributed by atoms with Crippen molar-refractivity contribution in [2.45, 2.75) is 26.4 Å². The molecule has 1 rings (SSSR count). The molecular formula is C7H13N2S+. The fourth-order valence-corrected chi connectivity index (χ4v) is 1.28. The molecule has 3 heteroatoms. The van der Waals surface area contributed by atoms with E-state index in [2.05, 4.69) is 24.1 Å². The van der Waals surface area contributed by atoms with Crippen LogP contribution in [0.3, 0.4) is 0 Å². The molecule has 0 aliphatic carbocycles. The van der Waals surface area contributed by atoms with Crippen LogP contribution in [0, 0.1) is 0 Å². The molecule has 10 heavy (non-hydrogen) atoms. The molecule has 0 bridgehead atoms. The van der Waals surface area contributed by atoms with Gasteiger partial charge in [-0.2, -0.15) is 0 Å². The van der Waals surface area contributed by atoms with Gasteiger partial charge in [-0.3, -0.25) is 0 Å². The van der Waals surface area contributed by atoms with E-state index in [0.29, 0.717) is 6.04 Å². The summed E-state index contributed by atoms with van der Waals surface area (Å²) in [6, 6.07) is 0.670. The molecule has 1 aromatic heterocycles. The summed E-state index contributed by atoms with van der Waals surface area (Å²) in [6.07, 6.45) is 1.86. The van der Waals surface area contributed by atoms with Gasteiger partial charge in [0.15, 0.2) is 0 Å². The summed E-state index contributed by atoms with van der Waals surface area (Å²) in [7, 11) is 0. The number of nitrogens with zero attached hydrogens (tertiary/aromatic N) is 1. The Kier molecular flexibility index (Phi) is 2.83. The molecule has 1 heterocycles. The average molecular weight is 157 g/mol. The third kappa shape index (κ3) is 2.45. The fraction of sp³-hybridized carbons (Fsp3) is 0.571. The van der Waals surface area contributed by atoms with E-state index in [9.17, 15) is 0 Å². The normalized spacial score (nSPS) is 10.7. The van der Waals surface area contributed by atoms with E-state index in [1.165, 1.54) is 5.01 Å². The summed E-state index contributed by atoms with van der Waals surface area (Å²) >= 11 is 1.72. The zero-order chi connectivity index (χ0) is 7.40. The monoisotopic (exact) mass is 157 g/mol. The average Bonchev–Trinajstić information content (AvgIpc) is 2.34. The zero-order valence-corrected chi connectivity index (χ0v) is 7.19. The van der Waals surface area contributed by atoms with Gasteiger partial charge in [0.05, 0.1) is 6.04 Å². The van der Waals surface area contributed by atoms with Gasteiger partial charge in [-0.05, 0) is 13.8 Å². The van der Waals surface area contributed by atoms with Crippen molar-refractivity contribution >= 4 is 11.3 Å². The van der Waals surface area contributed by atoms with Gasteiger partial charge in [0.1, 0.15) is 11.6 Å². The number of aromatic nitrogens is 1. The lowest BCUT2D eigenvalue weighted by Gasteiger charge is -2.00. The van der Waals surface area contributed by atoms with Crippen LogP contribution in [0.4, 0.5) is 0 Å². The Morgan fingerprint density at radius 3 is 3.00 bits per heavy atom. The molecule has 56 valence electrons. The van der Waals surface area contributed by atoms with Gasteiger partial charge in [0.25, 0.3) is 0 Å². The number of hydrogen-bond acceptors (Lipinski definition) is 2. The molecular weight excluding hydrogens is 144 g/mol. The minimum atomic E-state index is 0.670. The van der Waals surface area contributed by atoms with Crippen LogP contribution in [-0.4, -0.2) is 11.0 Å². The van der Waals surface area contributed by atoms with Gasteiger partial charge in [-0.15, -0.1) is 11.3 Å². The Morgan fingerprint density at radius 2 is 2.50 bits per heavy atom. The van der Waals surface area contributed by atoms with E-state index in [1.54, 1.807) is 11.3 Å². The number of quaternary nitrogens is 1. The smallest absolute Gasteiger partial charge is 0.147 e.